The zero-order valence-corrected chi connectivity index (χ0v) is 10.7. The van der Waals surface area contributed by atoms with Crippen LogP contribution in [0.4, 0.5) is 0 Å². The number of hydrogen-bond donors (Lipinski definition) is 1. The highest BCUT2D eigenvalue weighted by Gasteiger charge is 2.12. The van der Waals surface area contributed by atoms with Crippen molar-refractivity contribution in [3.8, 4) is 21.9 Å². The zero-order valence-electron chi connectivity index (χ0n) is 9.90. The number of ether oxygens (including phenoxy) is 2. The molecule has 0 aliphatic rings. The molecule has 0 amide bonds. The van der Waals surface area contributed by atoms with Crippen molar-refractivity contribution in [3.05, 3.63) is 35.2 Å². The number of rotatable bonds is 4. The summed E-state index contributed by atoms with van der Waals surface area (Å²) >= 11 is 1.69. The summed E-state index contributed by atoms with van der Waals surface area (Å²) in [6.07, 6.45) is 0. The minimum absolute atomic E-state index is 0.480. The van der Waals surface area contributed by atoms with Crippen molar-refractivity contribution in [2.45, 2.75) is 6.54 Å². The van der Waals surface area contributed by atoms with Crippen molar-refractivity contribution in [1.29, 1.82) is 0 Å². The van der Waals surface area contributed by atoms with Crippen molar-refractivity contribution in [3.63, 3.8) is 0 Å². The van der Waals surface area contributed by atoms with Crippen LogP contribution in [-0.2, 0) is 6.54 Å². The average molecular weight is 249 g/mol. The molecule has 1 aromatic heterocycles. The van der Waals surface area contributed by atoms with E-state index in [0.717, 1.165) is 16.9 Å². The Labute approximate surface area is 105 Å². The number of hydrogen-bond acceptors (Lipinski definition) is 4. The summed E-state index contributed by atoms with van der Waals surface area (Å²) in [5.41, 5.74) is 7.95. The van der Waals surface area contributed by atoms with Crippen molar-refractivity contribution >= 4 is 11.3 Å². The summed E-state index contributed by atoms with van der Waals surface area (Å²) in [7, 11) is 3.27. The molecule has 0 atom stereocenters. The van der Waals surface area contributed by atoms with E-state index in [1.807, 2.05) is 23.6 Å². The largest absolute Gasteiger partial charge is 0.493 e. The molecular formula is C13H15NO2S. The van der Waals surface area contributed by atoms with Gasteiger partial charge in [-0.25, -0.2) is 0 Å². The normalized spacial score (nSPS) is 10.3. The molecule has 0 aliphatic carbocycles. The van der Waals surface area contributed by atoms with Crippen LogP contribution in [0.2, 0.25) is 0 Å². The lowest BCUT2D eigenvalue weighted by Crippen LogP contribution is -2.01. The lowest BCUT2D eigenvalue weighted by molar-refractivity contribution is 0.354. The second-order valence-electron chi connectivity index (χ2n) is 3.55. The molecule has 3 nitrogen and oxygen atoms in total. The molecule has 2 rings (SSSR count). The fourth-order valence-electron chi connectivity index (χ4n) is 1.75. The van der Waals surface area contributed by atoms with Crippen LogP contribution < -0.4 is 15.2 Å². The van der Waals surface area contributed by atoms with Gasteiger partial charge in [-0.2, -0.15) is 0 Å². The highest BCUT2D eigenvalue weighted by atomic mass is 32.1. The Hall–Kier alpha value is -1.52. The molecule has 1 aromatic carbocycles. The Morgan fingerprint density at radius 3 is 2.41 bits per heavy atom. The third-order valence-corrected chi connectivity index (χ3v) is 3.52. The van der Waals surface area contributed by atoms with E-state index in [0.29, 0.717) is 12.3 Å². The van der Waals surface area contributed by atoms with E-state index in [2.05, 4.69) is 6.07 Å². The number of methoxy groups -OCH3 is 2. The van der Waals surface area contributed by atoms with Gasteiger partial charge in [-0.05, 0) is 29.1 Å². The monoisotopic (exact) mass is 249 g/mol. The standard InChI is InChI=1S/C13H15NO2S/c1-15-11-6-9(8-14)10(7-12(11)16-2)13-4-3-5-17-13/h3-7H,8,14H2,1-2H3. The third kappa shape index (κ3) is 2.28. The number of benzene rings is 1. The Bertz CT molecular complexity index is 494. The van der Waals surface area contributed by atoms with E-state index in [9.17, 15) is 0 Å². The third-order valence-electron chi connectivity index (χ3n) is 2.62. The lowest BCUT2D eigenvalue weighted by atomic mass is 10.0. The van der Waals surface area contributed by atoms with Crippen LogP contribution in [0, 0.1) is 0 Å². The van der Waals surface area contributed by atoms with Crippen molar-refractivity contribution < 1.29 is 9.47 Å². The number of nitrogens with two attached hydrogens (primary N) is 1. The topological polar surface area (TPSA) is 44.5 Å². The van der Waals surface area contributed by atoms with E-state index in [1.54, 1.807) is 25.6 Å². The summed E-state index contributed by atoms with van der Waals surface area (Å²) in [5.74, 6) is 1.45. The van der Waals surface area contributed by atoms with Gasteiger partial charge in [0.1, 0.15) is 0 Å². The molecule has 0 fully saturated rings. The van der Waals surface area contributed by atoms with Gasteiger partial charge in [0.2, 0.25) is 0 Å². The SMILES string of the molecule is COc1cc(CN)c(-c2cccs2)cc1OC. The van der Waals surface area contributed by atoms with Gasteiger partial charge in [0.25, 0.3) is 0 Å². The fourth-order valence-corrected chi connectivity index (χ4v) is 2.53. The van der Waals surface area contributed by atoms with Gasteiger partial charge in [0.05, 0.1) is 14.2 Å². The highest BCUT2D eigenvalue weighted by Crippen LogP contribution is 2.37. The molecule has 0 saturated heterocycles. The second-order valence-corrected chi connectivity index (χ2v) is 4.49. The Balaban J connectivity index is 2.58. The van der Waals surface area contributed by atoms with Crippen molar-refractivity contribution in [2.75, 3.05) is 14.2 Å². The summed E-state index contributed by atoms with van der Waals surface area (Å²) in [6.45, 7) is 0.480. The molecule has 0 unspecified atom stereocenters. The number of thiophene rings is 1. The van der Waals surface area contributed by atoms with Crippen LogP contribution >= 0.6 is 11.3 Å². The first-order valence-corrected chi connectivity index (χ1v) is 6.17. The first-order chi connectivity index (χ1) is 8.30. The summed E-state index contributed by atoms with van der Waals surface area (Å²) in [6, 6.07) is 8.02. The molecular weight excluding hydrogens is 234 g/mol. The van der Waals surface area contributed by atoms with E-state index in [1.165, 1.54) is 4.88 Å². The predicted molar refractivity (Wildman–Crippen MR) is 70.8 cm³/mol. The highest BCUT2D eigenvalue weighted by molar-refractivity contribution is 7.13. The predicted octanol–water partition coefficient (Wildman–Crippen LogP) is 2.89. The Morgan fingerprint density at radius 1 is 1.18 bits per heavy atom. The van der Waals surface area contributed by atoms with Crippen molar-refractivity contribution in [1.82, 2.24) is 0 Å². The van der Waals surface area contributed by atoms with Crippen LogP contribution in [0.1, 0.15) is 5.56 Å². The molecule has 4 heteroatoms. The van der Waals surface area contributed by atoms with Crippen LogP contribution in [0.3, 0.4) is 0 Å². The Morgan fingerprint density at radius 2 is 1.88 bits per heavy atom. The van der Waals surface area contributed by atoms with Gasteiger partial charge in [-0.15, -0.1) is 11.3 Å². The second kappa shape index (κ2) is 5.21. The van der Waals surface area contributed by atoms with Crippen LogP contribution in [0.25, 0.3) is 10.4 Å². The van der Waals surface area contributed by atoms with E-state index in [-0.39, 0.29) is 0 Å². The Kier molecular flexibility index (Phi) is 3.66. The molecule has 2 N–H and O–H groups in total. The molecule has 0 bridgehead atoms. The van der Waals surface area contributed by atoms with Gasteiger partial charge < -0.3 is 15.2 Å². The van der Waals surface area contributed by atoms with Gasteiger partial charge in [-0.3, -0.25) is 0 Å². The molecule has 0 radical (unpaired) electrons. The van der Waals surface area contributed by atoms with Gasteiger partial charge >= 0.3 is 0 Å². The van der Waals surface area contributed by atoms with Gasteiger partial charge in [0.15, 0.2) is 11.5 Å². The maximum atomic E-state index is 5.78. The molecule has 90 valence electrons. The van der Waals surface area contributed by atoms with E-state index >= 15 is 0 Å². The summed E-state index contributed by atoms with van der Waals surface area (Å²) in [4.78, 5) is 1.19. The first kappa shape index (κ1) is 12.0. The van der Waals surface area contributed by atoms with Crippen molar-refractivity contribution in [2.24, 2.45) is 5.73 Å². The smallest absolute Gasteiger partial charge is 0.161 e. The average Bonchev–Trinajstić information content (AvgIpc) is 2.90. The molecule has 0 aliphatic heterocycles. The van der Waals surface area contributed by atoms with E-state index in [4.69, 9.17) is 15.2 Å². The molecule has 0 saturated carbocycles. The first-order valence-electron chi connectivity index (χ1n) is 5.29. The van der Waals surface area contributed by atoms with Crippen LogP contribution in [0.5, 0.6) is 11.5 Å². The molecule has 2 aromatic rings. The maximum absolute atomic E-state index is 5.78. The van der Waals surface area contributed by atoms with Crippen LogP contribution in [-0.4, -0.2) is 14.2 Å². The minimum Gasteiger partial charge on any atom is -0.493 e. The van der Waals surface area contributed by atoms with Gasteiger partial charge in [0, 0.05) is 17.0 Å². The lowest BCUT2D eigenvalue weighted by Gasteiger charge is -2.13. The molecule has 1 heterocycles. The molecule has 17 heavy (non-hydrogen) atoms. The fraction of sp³-hybridized carbons (Fsp3) is 0.231. The van der Waals surface area contributed by atoms with Gasteiger partial charge in [-0.1, -0.05) is 6.07 Å². The quantitative estimate of drug-likeness (QED) is 0.906. The maximum Gasteiger partial charge on any atom is 0.161 e. The summed E-state index contributed by atoms with van der Waals surface area (Å²) in [5, 5.41) is 2.05. The zero-order chi connectivity index (χ0) is 12.3. The van der Waals surface area contributed by atoms with Crippen LogP contribution in [0.15, 0.2) is 29.6 Å². The van der Waals surface area contributed by atoms with E-state index < -0.39 is 0 Å². The minimum atomic E-state index is 0.480. The molecule has 0 spiro atoms. The summed E-state index contributed by atoms with van der Waals surface area (Å²) < 4.78 is 10.6.